The molecule has 37 heavy (non-hydrogen) atoms. The normalized spacial score (nSPS) is 18.2. The molecule has 1 aromatic carbocycles. The molecule has 0 aliphatic carbocycles. The number of hydrogen-bond donors (Lipinski definition) is 1. The molecule has 1 fully saturated rings. The van der Waals surface area contributed by atoms with E-state index in [2.05, 4.69) is 15.2 Å². The van der Waals surface area contributed by atoms with Crippen LogP contribution in [-0.2, 0) is 16.8 Å². The number of halogens is 3. The van der Waals surface area contributed by atoms with Gasteiger partial charge < -0.3 is 14.7 Å². The number of fused-ring (bicyclic) bond motifs is 2. The summed E-state index contributed by atoms with van der Waals surface area (Å²) in [6.45, 7) is 1.72. The molecule has 2 aliphatic heterocycles. The van der Waals surface area contributed by atoms with Crippen LogP contribution in [0.15, 0.2) is 53.5 Å². The first-order chi connectivity index (χ1) is 17.6. The van der Waals surface area contributed by atoms with Crippen LogP contribution in [0.4, 0.5) is 13.2 Å². The lowest BCUT2D eigenvalue weighted by Crippen LogP contribution is -2.35. The molecule has 13 heteroatoms. The average Bonchev–Trinajstić information content (AvgIpc) is 3.49. The minimum atomic E-state index is -5.08. The molecule has 0 saturated carbocycles. The third-order valence-electron chi connectivity index (χ3n) is 6.37. The van der Waals surface area contributed by atoms with Crippen molar-refractivity contribution in [2.24, 2.45) is 0 Å². The third-order valence-corrected chi connectivity index (χ3v) is 6.37. The van der Waals surface area contributed by atoms with Crippen LogP contribution >= 0.6 is 0 Å². The Morgan fingerprint density at radius 3 is 2.32 bits per heavy atom. The van der Waals surface area contributed by atoms with Crippen molar-refractivity contribution in [1.82, 2.24) is 24.6 Å². The van der Waals surface area contributed by atoms with Crippen LogP contribution in [0.25, 0.3) is 11.3 Å². The number of methoxy groups -OCH3 is 1. The van der Waals surface area contributed by atoms with Gasteiger partial charge in [-0.25, -0.2) is 4.79 Å². The highest BCUT2D eigenvalue weighted by Gasteiger charge is 2.48. The number of nitrogens with zero attached hydrogens (tertiary/aromatic N) is 5. The van der Waals surface area contributed by atoms with Crippen LogP contribution in [-0.4, -0.2) is 68.0 Å². The van der Waals surface area contributed by atoms with Gasteiger partial charge in [-0.2, -0.15) is 13.2 Å². The Bertz CT molecular complexity index is 1360. The molecule has 1 unspecified atom stereocenters. The Kier molecular flexibility index (Phi) is 6.96. The maximum atomic E-state index is 13.1. The minimum absolute atomic E-state index is 0.0870. The van der Waals surface area contributed by atoms with E-state index in [-0.39, 0.29) is 16.9 Å². The molecule has 1 spiro atoms. The van der Waals surface area contributed by atoms with Crippen molar-refractivity contribution < 1.29 is 32.6 Å². The number of carboxylic acids is 1. The fraction of sp³-hybridized carbons (Fsp3) is 0.333. The van der Waals surface area contributed by atoms with Gasteiger partial charge in [0.15, 0.2) is 5.69 Å². The smallest absolute Gasteiger partial charge is 0.490 e. The monoisotopic (exact) mass is 517 g/mol. The summed E-state index contributed by atoms with van der Waals surface area (Å²) in [6.07, 6.45) is -1.92. The highest BCUT2D eigenvalue weighted by Crippen LogP contribution is 2.41. The summed E-state index contributed by atoms with van der Waals surface area (Å²) < 4.78 is 38.6. The number of alkyl halides is 3. The number of aliphatic carboxylic acids is 1. The van der Waals surface area contributed by atoms with E-state index in [1.54, 1.807) is 42.1 Å². The van der Waals surface area contributed by atoms with Crippen LogP contribution in [0, 0.1) is 0 Å². The Morgan fingerprint density at radius 1 is 1.05 bits per heavy atom. The number of carbonyl (C=O) groups is 2. The van der Waals surface area contributed by atoms with Gasteiger partial charge >= 0.3 is 12.1 Å². The molecule has 0 radical (unpaired) electrons. The molecule has 1 atom stereocenters. The number of rotatable bonds is 3. The van der Waals surface area contributed by atoms with Gasteiger partial charge in [0, 0.05) is 31.4 Å². The Hall–Kier alpha value is -4.29. The lowest BCUT2D eigenvalue weighted by atomic mass is 9.85. The highest BCUT2D eigenvalue weighted by molar-refractivity contribution is 5.92. The van der Waals surface area contributed by atoms with Crippen molar-refractivity contribution in [3.05, 3.63) is 70.5 Å². The van der Waals surface area contributed by atoms with E-state index in [0.29, 0.717) is 42.4 Å². The summed E-state index contributed by atoms with van der Waals surface area (Å²) in [5, 5.41) is 15.9. The van der Waals surface area contributed by atoms with Gasteiger partial charge in [0.1, 0.15) is 17.3 Å². The molecule has 1 N–H and O–H groups in total. The summed E-state index contributed by atoms with van der Waals surface area (Å²) >= 11 is 0. The molecule has 4 heterocycles. The third kappa shape index (κ3) is 5.15. The quantitative estimate of drug-likeness (QED) is 0.562. The molecule has 2 aromatic heterocycles. The van der Waals surface area contributed by atoms with Crippen molar-refractivity contribution >= 4 is 11.9 Å². The number of likely N-dealkylation sites (tertiary alicyclic amines) is 1. The van der Waals surface area contributed by atoms with Gasteiger partial charge in [-0.05, 0) is 49.2 Å². The summed E-state index contributed by atoms with van der Waals surface area (Å²) in [4.78, 5) is 40.8. The molecule has 1 saturated heterocycles. The Morgan fingerprint density at radius 2 is 1.73 bits per heavy atom. The van der Waals surface area contributed by atoms with Crippen molar-refractivity contribution in [3.63, 3.8) is 0 Å². The number of carboxylic acid groups (broad SMARTS) is 1. The molecule has 0 bridgehead atoms. The number of aromatic nitrogens is 4. The number of ether oxygens (including phenoxy) is 1. The highest BCUT2D eigenvalue weighted by atomic mass is 19.4. The van der Waals surface area contributed by atoms with E-state index >= 15 is 0 Å². The first-order valence-corrected chi connectivity index (χ1v) is 11.2. The molecular formula is C24H22F3N5O5. The standard InChI is InChI=1S/C22H21N5O3.C2HF3O2/c1-30-16-7-5-15(6-8-16)18-20(29)27-13-10-22(21(27)25-24-18)9-12-26(14-22)19(28)17-4-2-3-11-23-17;3-2(4,5)1(6)7/h2-8,11H,9-10,12-14H2,1H3;(H,6,7). The molecule has 194 valence electrons. The maximum absolute atomic E-state index is 13.1. The Balaban J connectivity index is 0.000000405. The van der Waals surface area contributed by atoms with Crippen LogP contribution in [0.5, 0.6) is 5.75 Å². The second-order valence-electron chi connectivity index (χ2n) is 8.58. The van der Waals surface area contributed by atoms with E-state index < -0.39 is 12.1 Å². The zero-order valence-electron chi connectivity index (χ0n) is 19.6. The lowest BCUT2D eigenvalue weighted by Gasteiger charge is -2.22. The predicted octanol–water partition coefficient (Wildman–Crippen LogP) is 2.53. The zero-order chi connectivity index (χ0) is 26.8. The lowest BCUT2D eigenvalue weighted by molar-refractivity contribution is -0.192. The van der Waals surface area contributed by atoms with E-state index in [1.165, 1.54) is 0 Å². The summed E-state index contributed by atoms with van der Waals surface area (Å²) in [7, 11) is 1.60. The molecule has 5 rings (SSSR count). The number of pyridine rings is 1. The van der Waals surface area contributed by atoms with Gasteiger partial charge in [0.05, 0.1) is 12.5 Å². The molecule has 2 aliphatic rings. The average molecular weight is 517 g/mol. The number of amides is 1. The Labute approximate surface area is 208 Å². The second kappa shape index (κ2) is 9.99. The first-order valence-electron chi connectivity index (χ1n) is 11.2. The minimum Gasteiger partial charge on any atom is -0.497 e. The van der Waals surface area contributed by atoms with E-state index in [0.717, 1.165) is 18.6 Å². The fourth-order valence-corrected chi connectivity index (χ4v) is 4.47. The summed E-state index contributed by atoms with van der Waals surface area (Å²) in [5.41, 5.74) is 1.01. The molecule has 10 nitrogen and oxygen atoms in total. The van der Waals surface area contributed by atoms with Gasteiger partial charge in [0.25, 0.3) is 11.5 Å². The van der Waals surface area contributed by atoms with Crippen molar-refractivity contribution in [3.8, 4) is 17.0 Å². The number of benzene rings is 1. The van der Waals surface area contributed by atoms with E-state index in [4.69, 9.17) is 14.6 Å². The van der Waals surface area contributed by atoms with Crippen molar-refractivity contribution in [2.45, 2.75) is 31.0 Å². The fourth-order valence-electron chi connectivity index (χ4n) is 4.47. The van der Waals surface area contributed by atoms with Gasteiger partial charge in [0.2, 0.25) is 0 Å². The van der Waals surface area contributed by atoms with Crippen molar-refractivity contribution in [1.29, 1.82) is 0 Å². The second-order valence-corrected chi connectivity index (χ2v) is 8.58. The molecular weight excluding hydrogens is 495 g/mol. The van der Waals surface area contributed by atoms with Crippen molar-refractivity contribution in [2.75, 3.05) is 20.2 Å². The zero-order valence-corrected chi connectivity index (χ0v) is 19.6. The summed E-state index contributed by atoms with van der Waals surface area (Å²) in [5.74, 6) is -1.44. The van der Waals surface area contributed by atoms with Crippen LogP contribution < -0.4 is 10.3 Å². The van der Waals surface area contributed by atoms with Crippen LogP contribution in [0.1, 0.15) is 29.2 Å². The molecule has 3 aromatic rings. The van der Waals surface area contributed by atoms with Gasteiger partial charge in [-0.15, -0.1) is 10.2 Å². The number of carbonyl (C=O) groups excluding carboxylic acids is 1. The topological polar surface area (TPSA) is 128 Å². The predicted molar refractivity (Wildman–Crippen MR) is 123 cm³/mol. The molecule has 1 amide bonds. The van der Waals surface area contributed by atoms with Gasteiger partial charge in [-0.3, -0.25) is 19.1 Å². The van der Waals surface area contributed by atoms with Crippen LogP contribution in [0.2, 0.25) is 0 Å². The number of hydrogen-bond acceptors (Lipinski definition) is 7. The first kappa shape index (κ1) is 25.8. The van der Waals surface area contributed by atoms with Gasteiger partial charge in [-0.1, -0.05) is 6.07 Å². The largest absolute Gasteiger partial charge is 0.497 e. The SMILES string of the molecule is COc1ccc(-c2nnc3n(c2=O)CCC32CCN(C(=O)c3ccccn3)C2)cc1.O=C(O)C(F)(F)F. The maximum Gasteiger partial charge on any atom is 0.490 e. The summed E-state index contributed by atoms with van der Waals surface area (Å²) in [6, 6.07) is 12.5. The van der Waals surface area contributed by atoms with E-state index in [9.17, 15) is 22.8 Å². The van der Waals surface area contributed by atoms with E-state index in [1.807, 2.05) is 23.1 Å². The van der Waals surface area contributed by atoms with Crippen LogP contribution in [0.3, 0.4) is 0 Å².